The highest BCUT2D eigenvalue weighted by Crippen LogP contribution is 2.24. The van der Waals surface area contributed by atoms with Crippen molar-refractivity contribution in [2.75, 3.05) is 30.3 Å². The number of hydrogen-bond acceptors (Lipinski definition) is 6. The zero-order valence-electron chi connectivity index (χ0n) is 11.2. The molecule has 102 valence electrons. The van der Waals surface area contributed by atoms with Crippen LogP contribution >= 0.6 is 11.8 Å². The van der Waals surface area contributed by atoms with E-state index in [1.165, 1.54) is 6.42 Å². The molecular weight excluding hydrogens is 248 g/mol. The Morgan fingerprint density at radius 1 is 1.44 bits per heavy atom. The van der Waals surface area contributed by atoms with Gasteiger partial charge in [-0.25, -0.2) is 0 Å². The lowest BCUT2D eigenvalue weighted by Crippen LogP contribution is -2.37. The maximum atomic E-state index is 5.69. The maximum Gasteiger partial charge on any atom is 0.318 e. The van der Waals surface area contributed by atoms with Gasteiger partial charge in [-0.3, -0.25) is 0 Å². The molecule has 0 radical (unpaired) electrons. The van der Waals surface area contributed by atoms with Crippen LogP contribution in [0, 0.1) is 0 Å². The van der Waals surface area contributed by atoms with Crippen molar-refractivity contribution in [1.82, 2.24) is 15.5 Å². The van der Waals surface area contributed by atoms with Crippen LogP contribution in [0.15, 0.2) is 4.42 Å². The zero-order valence-corrected chi connectivity index (χ0v) is 12.0. The molecular formula is C12H22N4OS. The molecule has 5 nitrogen and oxygen atoms in total. The fraction of sp³-hybridized carbons (Fsp3) is 0.833. The molecule has 0 bridgehead atoms. The molecule has 2 heterocycles. The number of hydrogen-bond donors (Lipinski definition) is 1. The summed E-state index contributed by atoms with van der Waals surface area (Å²) < 4.78 is 5.69. The Morgan fingerprint density at radius 3 is 3.11 bits per heavy atom. The Bertz CT molecular complexity index is 358. The second-order valence-electron chi connectivity index (χ2n) is 4.50. The molecule has 0 saturated carbocycles. The van der Waals surface area contributed by atoms with Gasteiger partial charge in [-0.05, 0) is 19.4 Å². The number of anilines is 1. The highest BCUT2D eigenvalue weighted by molar-refractivity contribution is 8.00. The van der Waals surface area contributed by atoms with Crippen molar-refractivity contribution in [2.24, 2.45) is 0 Å². The van der Waals surface area contributed by atoms with Crippen molar-refractivity contribution in [1.29, 1.82) is 0 Å². The second kappa shape index (κ2) is 6.99. The minimum absolute atomic E-state index is 0.667. The van der Waals surface area contributed by atoms with E-state index >= 15 is 0 Å². The maximum absolute atomic E-state index is 5.69. The molecule has 1 aliphatic rings. The van der Waals surface area contributed by atoms with E-state index in [9.17, 15) is 0 Å². The molecule has 1 aromatic rings. The van der Waals surface area contributed by atoms with Crippen molar-refractivity contribution in [2.45, 2.75) is 38.5 Å². The van der Waals surface area contributed by atoms with Gasteiger partial charge in [0.1, 0.15) is 0 Å². The first-order valence-corrected chi connectivity index (χ1v) is 7.78. The summed E-state index contributed by atoms with van der Waals surface area (Å²) in [5.41, 5.74) is 0. The molecule has 2 rings (SSSR count). The van der Waals surface area contributed by atoms with Crippen LogP contribution in [0.25, 0.3) is 0 Å². The third-order valence-corrected chi connectivity index (χ3v) is 4.40. The largest absolute Gasteiger partial charge is 0.407 e. The Labute approximate surface area is 113 Å². The molecule has 1 saturated heterocycles. The fourth-order valence-corrected chi connectivity index (χ4v) is 3.14. The molecule has 0 amide bonds. The Balaban J connectivity index is 1.88. The quantitative estimate of drug-likeness (QED) is 0.797. The minimum atomic E-state index is 0.667. The molecule has 0 aliphatic carbocycles. The minimum Gasteiger partial charge on any atom is -0.407 e. The monoisotopic (exact) mass is 270 g/mol. The van der Waals surface area contributed by atoms with E-state index in [0.717, 1.165) is 31.8 Å². The van der Waals surface area contributed by atoms with Crippen molar-refractivity contribution >= 4 is 17.8 Å². The van der Waals surface area contributed by atoms with Gasteiger partial charge >= 0.3 is 6.01 Å². The van der Waals surface area contributed by atoms with Crippen molar-refractivity contribution < 1.29 is 4.42 Å². The molecule has 1 atom stereocenters. The highest BCUT2D eigenvalue weighted by Gasteiger charge is 2.22. The van der Waals surface area contributed by atoms with Gasteiger partial charge < -0.3 is 14.6 Å². The van der Waals surface area contributed by atoms with Crippen molar-refractivity contribution in [3.05, 3.63) is 5.89 Å². The smallest absolute Gasteiger partial charge is 0.318 e. The fourth-order valence-electron chi connectivity index (χ4n) is 1.96. The summed E-state index contributed by atoms with van der Waals surface area (Å²) in [5.74, 6) is 1.83. The molecule has 1 aliphatic heterocycles. The standard InChI is InChI=1S/C12H22N4OS/c1-3-5-13-8-11-14-15-12(17-11)16-6-7-18-10(4-2)9-16/h10,13H,3-9H2,1-2H3. The summed E-state index contributed by atoms with van der Waals surface area (Å²) in [5, 5.41) is 12.2. The van der Waals surface area contributed by atoms with E-state index < -0.39 is 0 Å². The number of nitrogens with zero attached hydrogens (tertiary/aromatic N) is 3. The highest BCUT2D eigenvalue weighted by atomic mass is 32.2. The second-order valence-corrected chi connectivity index (χ2v) is 5.91. The predicted octanol–water partition coefficient (Wildman–Crippen LogP) is 1.90. The molecule has 0 aromatic carbocycles. The van der Waals surface area contributed by atoms with Gasteiger partial charge in [0.15, 0.2) is 0 Å². The van der Waals surface area contributed by atoms with Crippen LogP contribution in [0.2, 0.25) is 0 Å². The zero-order chi connectivity index (χ0) is 12.8. The van der Waals surface area contributed by atoms with Gasteiger partial charge in [0.05, 0.1) is 6.54 Å². The van der Waals surface area contributed by atoms with E-state index in [-0.39, 0.29) is 0 Å². The van der Waals surface area contributed by atoms with E-state index in [1.807, 2.05) is 11.8 Å². The van der Waals surface area contributed by atoms with Crippen LogP contribution < -0.4 is 10.2 Å². The van der Waals surface area contributed by atoms with Crippen LogP contribution in [-0.4, -0.2) is 40.8 Å². The molecule has 1 N–H and O–H groups in total. The molecule has 0 spiro atoms. The van der Waals surface area contributed by atoms with Crippen LogP contribution in [0.4, 0.5) is 6.01 Å². The summed E-state index contributed by atoms with van der Waals surface area (Å²) >= 11 is 2.04. The van der Waals surface area contributed by atoms with Crippen LogP contribution in [0.1, 0.15) is 32.6 Å². The first kappa shape index (κ1) is 13.7. The molecule has 18 heavy (non-hydrogen) atoms. The first-order valence-electron chi connectivity index (χ1n) is 6.73. The molecule has 1 aromatic heterocycles. The van der Waals surface area contributed by atoms with Gasteiger partial charge in [-0.2, -0.15) is 11.8 Å². The number of thioether (sulfide) groups is 1. The lowest BCUT2D eigenvalue weighted by molar-refractivity contribution is 0.460. The average Bonchev–Trinajstić information content (AvgIpc) is 2.88. The van der Waals surface area contributed by atoms with Crippen LogP contribution in [0.5, 0.6) is 0 Å². The van der Waals surface area contributed by atoms with Gasteiger partial charge in [0, 0.05) is 24.1 Å². The third kappa shape index (κ3) is 3.62. The van der Waals surface area contributed by atoms with Crippen molar-refractivity contribution in [3.63, 3.8) is 0 Å². The van der Waals surface area contributed by atoms with Gasteiger partial charge in [0.25, 0.3) is 0 Å². The van der Waals surface area contributed by atoms with E-state index in [0.29, 0.717) is 23.7 Å². The Kier molecular flexibility index (Phi) is 5.31. The van der Waals surface area contributed by atoms with Crippen LogP contribution in [0.3, 0.4) is 0 Å². The topological polar surface area (TPSA) is 54.2 Å². The lowest BCUT2D eigenvalue weighted by Gasteiger charge is -2.30. The van der Waals surface area contributed by atoms with E-state index in [2.05, 4.69) is 34.3 Å². The first-order chi connectivity index (χ1) is 8.83. The molecule has 1 fully saturated rings. The number of rotatable bonds is 6. The predicted molar refractivity (Wildman–Crippen MR) is 75.0 cm³/mol. The summed E-state index contributed by atoms with van der Waals surface area (Å²) in [6.45, 7) is 8.05. The third-order valence-electron chi connectivity index (χ3n) is 3.02. The Morgan fingerprint density at radius 2 is 2.33 bits per heavy atom. The number of nitrogens with one attached hydrogen (secondary N) is 1. The molecule has 6 heteroatoms. The van der Waals surface area contributed by atoms with E-state index in [4.69, 9.17) is 4.42 Å². The summed E-state index contributed by atoms with van der Waals surface area (Å²) in [7, 11) is 0. The summed E-state index contributed by atoms with van der Waals surface area (Å²) in [4.78, 5) is 2.21. The normalized spacial score (nSPS) is 20.3. The van der Waals surface area contributed by atoms with Gasteiger partial charge in [0.2, 0.25) is 5.89 Å². The summed E-state index contributed by atoms with van der Waals surface area (Å²) in [6, 6.07) is 0.682. The SMILES string of the molecule is CCCNCc1nnc(N2CCSC(CC)C2)o1. The van der Waals surface area contributed by atoms with Crippen LogP contribution in [-0.2, 0) is 6.54 Å². The lowest BCUT2D eigenvalue weighted by atomic mass is 10.3. The van der Waals surface area contributed by atoms with Gasteiger partial charge in [-0.1, -0.05) is 18.9 Å². The van der Waals surface area contributed by atoms with Gasteiger partial charge in [-0.15, -0.1) is 5.10 Å². The van der Waals surface area contributed by atoms with Crippen molar-refractivity contribution in [3.8, 4) is 0 Å². The Hall–Kier alpha value is -0.750. The molecule has 1 unspecified atom stereocenters. The average molecular weight is 270 g/mol. The summed E-state index contributed by atoms with van der Waals surface area (Å²) in [6.07, 6.45) is 2.31. The number of aromatic nitrogens is 2. The van der Waals surface area contributed by atoms with E-state index in [1.54, 1.807) is 0 Å².